The van der Waals surface area contributed by atoms with E-state index in [1.54, 1.807) is 12.1 Å². The summed E-state index contributed by atoms with van der Waals surface area (Å²) in [5.41, 5.74) is 5.15. The molecule has 0 aliphatic heterocycles. The Bertz CT molecular complexity index is 435. The number of ether oxygens (including phenoxy) is 1. The molecule has 0 aromatic heterocycles. The van der Waals surface area contributed by atoms with Crippen LogP contribution in [-0.4, -0.2) is 12.4 Å². The maximum absolute atomic E-state index is 13.4. The fourth-order valence-electron chi connectivity index (χ4n) is 1.42. The quantitative estimate of drug-likeness (QED) is 0.477. The Hall–Kier alpha value is -1.10. The van der Waals surface area contributed by atoms with Gasteiger partial charge in [0.25, 0.3) is 0 Å². The molecule has 0 unspecified atom stereocenters. The third kappa shape index (κ3) is 4.29. The zero-order valence-electron chi connectivity index (χ0n) is 10.6. The van der Waals surface area contributed by atoms with Crippen LogP contribution < -0.4 is 10.5 Å². The van der Waals surface area contributed by atoms with Crippen LogP contribution >= 0.6 is 15.9 Å². The summed E-state index contributed by atoms with van der Waals surface area (Å²) in [6.45, 7) is 4.23. The highest BCUT2D eigenvalue weighted by Gasteiger charge is 2.20. The van der Waals surface area contributed by atoms with Crippen LogP contribution in [0.15, 0.2) is 22.7 Å². The first-order chi connectivity index (χ1) is 8.33. The van der Waals surface area contributed by atoms with Gasteiger partial charge in [0, 0.05) is 9.89 Å². The van der Waals surface area contributed by atoms with Crippen molar-refractivity contribution in [2.24, 2.45) is 11.1 Å². The maximum Gasteiger partial charge on any atom is 0.165 e. The Balaban J connectivity index is 2.43. The van der Waals surface area contributed by atoms with Crippen molar-refractivity contribution in [1.29, 1.82) is 5.41 Å². The van der Waals surface area contributed by atoms with Crippen LogP contribution in [-0.2, 0) is 0 Å². The maximum atomic E-state index is 13.4. The van der Waals surface area contributed by atoms with Gasteiger partial charge in [-0.05, 0) is 31.0 Å². The lowest BCUT2D eigenvalue weighted by atomic mass is 9.87. The van der Waals surface area contributed by atoms with Gasteiger partial charge in [-0.2, -0.15) is 0 Å². The molecule has 1 aromatic carbocycles. The second kappa shape index (κ2) is 6.18. The Morgan fingerprint density at radius 2 is 2.17 bits per heavy atom. The molecule has 0 spiro atoms. The van der Waals surface area contributed by atoms with Crippen LogP contribution in [0.5, 0.6) is 5.75 Å². The Kier molecular flexibility index (Phi) is 5.14. The summed E-state index contributed by atoms with van der Waals surface area (Å²) in [6, 6.07) is 4.59. The molecular formula is C13H18BrFN2O. The lowest BCUT2D eigenvalue weighted by Gasteiger charge is -2.22. The van der Waals surface area contributed by atoms with E-state index in [-0.39, 0.29) is 22.8 Å². The first kappa shape index (κ1) is 15.0. The van der Waals surface area contributed by atoms with Crippen LogP contribution in [0.4, 0.5) is 4.39 Å². The Labute approximate surface area is 115 Å². The molecule has 0 aliphatic carbocycles. The van der Waals surface area contributed by atoms with Crippen LogP contribution in [0.25, 0.3) is 0 Å². The SMILES string of the molecule is CC(C)(CCCOc1cc(Br)ccc1F)C(=N)N. The van der Waals surface area contributed by atoms with E-state index < -0.39 is 0 Å². The molecule has 18 heavy (non-hydrogen) atoms. The molecular weight excluding hydrogens is 299 g/mol. The molecule has 0 amide bonds. The summed E-state index contributed by atoms with van der Waals surface area (Å²) < 4.78 is 19.5. The number of hydrogen-bond donors (Lipinski definition) is 2. The van der Waals surface area contributed by atoms with E-state index in [1.807, 2.05) is 13.8 Å². The molecule has 1 aromatic rings. The molecule has 0 aliphatic rings. The number of rotatable bonds is 6. The van der Waals surface area contributed by atoms with Gasteiger partial charge in [0.1, 0.15) is 0 Å². The van der Waals surface area contributed by atoms with Crippen molar-refractivity contribution in [2.45, 2.75) is 26.7 Å². The molecule has 5 heteroatoms. The van der Waals surface area contributed by atoms with Crippen molar-refractivity contribution in [1.82, 2.24) is 0 Å². The van der Waals surface area contributed by atoms with Gasteiger partial charge in [0.15, 0.2) is 11.6 Å². The van der Waals surface area contributed by atoms with Crippen LogP contribution in [0.2, 0.25) is 0 Å². The van der Waals surface area contributed by atoms with Crippen LogP contribution in [0, 0.1) is 16.6 Å². The van der Waals surface area contributed by atoms with E-state index in [1.165, 1.54) is 6.07 Å². The lowest BCUT2D eigenvalue weighted by Crippen LogP contribution is -2.31. The molecule has 1 rings (SSSR count). The third-order valence-electron chi connectivity index (χ3n) is 2.83. The van der Waals surface area contributed by atoms with Gasteiger partial charge in [-0.15, -0.1) is 0 Å². The third-order valence-corrected chi connectivity index (χ3v) is 3.32. The van der Waals surface area contributed by atoms with Gasteiger partial charge in [-0.25, -0.2) is 4.39 Å². The van der Waals surface area contributed by atoms with E-state index in [0.29, 0.717) is 6.61 Å². The lowest BCUT2D eigenvalue weighted by molar-refractivity contribution is 0.275. The minimum absolute atomic E-state index is 0.163. The van der Waals surface area contributed by atoms with Crippen LogP contribution in [0.1, 0.15) is 26.7 Å². The van der Waals surface area contributed by atoms with Gasteiger partial charge in [-0.1, -0.05) is 29.8 Å². The average Bonchev–Trinajstić information content (AvgIpc) is 2.28. The van der Waals surface area contributed by atoms with Gasteiger partial charge in [0.05, 0.1) is 12.4 Å². The zero-order chi connectivity index (χ0) is 13.8. The summed E-state index contributed by atoms with van der Waals surface area (Å²) in [6.07, 6.45) is 1.45. The highest BCUT2D eigenvalue weighted by molar-refractivity contribution is 9.10. The molecule has 3 N–H and O–H groups in total. The van der Waals surface area contributed by atoms with Crippen molar-refractivity contribution >= 4 is 21.8 Å². The van der Waals surface area contributed by atoms with Crippen molar-refractivity contribution in [3.63, 3.8) is 0 Å². The topological polar surface area (TPSA) is 59.1 Å². The first-order valence-electron chi connectivity index (χ1n) is 5.75. The summed E-state index contributed by atoms with van der Waals surface area (Å²) in [4.78, 5) is 0. The number of halogens is 2. The van der Waals surface area contributed by atoms with Gasteiger partial charge >= 0.3 is 0 Å². The Morgan fingerprint density at radius 1 is 1.50 bits per heavy atom. The molecule has 0 bridgehead atoms. The fraction of sp³-hybridized carbons (Fsp3) is 0.462. The second-order valence-corrected chi connectivity index (χ2v) is 5.74. The van der Waals surface area contributed by atoms with E-state index in [2.05, 4.69) is 15.9 Å². The molecule has 0 saturated heterocycles. The molecule has 0 fully saturated rings. The first-order valence-corrected chi connectivity index (χ1v) is 6.54. The van der Waals surface area contributed by atoms with Gasteiger partial charge in [-0.3, -0.25) is 5.41 Å². The Morgan fingerprint density at radius 3 is 2.78 bits per heavy atom. The number of hydrogen-bond acceptors (Lipinski definition) is 2. The van der Waals surface area contributed by atoms with E-state index in [0.717, 1.165) is 17.3 Å². The predicted octanol–water partition coefficient (Wildman–Crippen LogP) is 3.71. The smallest absolute Gasteiger partial charge is 0.165 e. The van der Waals surface area contributed by atoms with Crippen LogP contribution in [0.3, 0.4) is 0 Å². The predicted molar refractivity (Wildman–Crippen MR) is 74.5 cm³/mol. The molecule has 0 radical (unpaired) electrons. The van der Waals surface area contributed by atoms with Crippen molar-refractivity contribution in [2.75, 3.05) is 6.61 Å². The molecule has 100 valence electrons. The van der Waals surface area contributed by atoms with Crippen molar-refractivity contribution in [3.8, 4) is 5.75 Å². The van der Waals surface area contributed by atoms with E-state index in [4.69, 9.17) is 15.9 Å². The minimum Gasteiger partial charge on any atom is -0.490 e. The monoisotopic (exact) mass is 316 g/mol. The highest BCUT2D eigenvalue weighted by Crippen LogP contribution is 2.24. The summed E-state index contributed by atoms with van der Waals surface area (Å²) in [5.74, 6) is 0.0326. The second-order valence-electron chi connectivity index (χ2n) is 4.82. The normalized spacial score (nSPS) is 11.3. The number of nitrogens with one attached hydrogen (secondary N) is 1. The summed E-state index contributed by atoms with van der Waals surface area (Å²) >= 11 is 3.26. The van der Waals surface area contributed by atoms with E-state index in [9.17, 15) is 4.39 Å². The molecule has 0 heterocycles. The number of nitrogens with two attached hydrogens (primary N) is 1. The standard InChI is InChI=1S/C13H18BrFN2O/c1-13(2,12(16)17)6-3-7-18-11-8-9(14)4-5-10(11)15/h4-5,8H,3,6-7H2,1-2H3,(H3,16,17). The average molecular weight is 317 g/mol. The summed E-state index contributed by atoms with van der Waals surface area (Å²) in [7, 11) is 0. The van der Waals surface area contributed by atoms with E-state index >= 15 is 0 Å². The van der Waals surface area contributed by atoms with Gasteiger partial charge in [0.2, 0.25) is 0 Å². The zero-order valence-corrected chi connectivity index (χ0v) is 12.2. The van der Waals surface area contributed by atoms with Gasteiger partial charge < -0.3 is 10.5 Å². The number of benzene rings is 1. The van der Waals surface area contributed by atoms with Crippen molar-refractivity contribution in [3.05, 3.63) is 28.5 Å². The highest BCUT2D eigenvalue weighted by atomic mass is 79.9. The minimum atomic E-state index is -0.371. The molecule has 3 nitrogen and oxygen atoms in total. The summed E-state index contributed by atoms with van der Waals surface area (Å²) in [5, 5.41) is 7.43. The molecule has 0 atom stereocenters. The number of amidine groups is 1. The van der Waals surface area contributed by atoms with Crippen molar-refractivity contribution < 1.29 is 9.13 Å². The largest absolute Gasteiger partial charge is 0.490 e. The fourth-order valence-corrected chi connectivity index (χ4v) is 1.76. The molecule has 0 saturated carbocycles.